The molecule has 0 aliphatic carbocycles. The average molecular weight is 182 g/mol. The molecule has 0 aliphatic rings. The van der Waals surface area contributed by atoms with Gasteiger partial charge in [-0.3, -0.25) is 0 Å². The summed E-state index contributed by atoms with van der Waals surface area (Å²) in [7, 11) is 0. The van der Waals surface area contributed by atoms with E-state index < -0.39 is 5.82 Å². The Kier molecular flexibility index (Phi) is 3.29. The highest BCUT2D eigenvalue weighted by atomic mass is 19.1. The van der Waals surface area contributed by atoms with Crippen molar-refractivity contribution in [3.63, 3.8) is 0 Å². The second-order valence-corrected chi connectivity index (χ2v) is 3.72. The molecule has 1 nitrogen and oxygen atoms in total. The van der Waals surface area contributed by atoms with Gasteiger partial charge in [-0.2, -0.15) is 0 Å². The number of benzene rings is 1. The molecular formula is C11H15FO. The maximum Gasteiger partial charge on any atom is 0.165 e. The summed E-state index contributed by atoms with van der Waals surface area (Å²) in [6, 6.07) is 4.57. The Morgan fingerprint density at radius 3 is 2.62 bits per heavy atom. The van der Waals surface area contributed by atoms with Gasteiger partial charge in [0.05, 0.1) is 0 Å². The topological polar surface area (TPSA) is 20.2 Å². The lowest BCUT2D eigenvalue weighted by atomic mass is 10.0. The minimum atomic E-state index is -0.527. The van der Waals surface area contributed by atoms with Gasteiger partial charge in [0, 0.05) is 0 Å². The monoisotopic (exact) mass is 182 g/mol. The molecule has 13 heavy (non-hydrogen) atoms. The van der Waals surface area contributed by atoms with Gasteiger partial charge < -0.3 is 5.11 Å². The fourth-order valence-corrected chi connectivity index (χ4v) is 1.16. The van der Waals surface area contributed by atoms with E-state index in [2.05, 4.69) is 13.8 Å². The fourth-order valence-electron chi connectivity index (χ4n) is 1.16. The van der Waals surface area contributed by atoms with Crippen LogP contribution < -0.4 is 0 Å². The highest BCUT2D eigenvalue weighted by Gasteiger charge is 2.02. The first-order valence-electron chi connectivity index (χ1n) is 4.57. The van der Waals surface area contributed by atoms with Crippen LogP contribution in [0.25, 0.3) is 0 Å². The smallest absolute Gasteiger partial charge is 0.165 e. The van der Waals surface area contributed by atoms with Gasteiger partial charge in [0.1, 0.15) is 0 Å². The van der Waals surface area contributed by atoms with Crippen molar-refractivity contribution in [2.45, 2.75) is 26.7 Å². The largest absolute Gasteiger partial charge is 0.505 e. The summed E-state index contributed by atoms with van der Waals surface area (Å²) in [5, 5.41) is 8.95. The zero-order valence-electron chi connectivity index (χ0n) is 8.05. The first kappa shape index (κ1) is 10.0. The minimum Gasteiger partial charge on any atom is -0.505 e. The first-order valence-corrected chi connectivity index (χ1v) is 4.57. The molecule has 1 aromatic carbocycles. The van der Waals surface area contributed by atoms with E-state index in [1.54, 1.807) is 6.07 Å². The molecular weight excluding hydrogens is 167 g/mol. The summed E-state index contributed by atoms with van der Waals surface area (Å²) in [5.41, 5.74) is 0.948. The van der Waals surface area contributed by atoms with E-state index in [1.807, 2.05) is 0 Å². The number of aryl methyl sites for hydroxylation is 1. The van der Waals surface area contributed by atoms with Gasteiger partial charge in [-0.25, -0.2) is 4.39 Å². The third kappa shape index (κ3) is 3.05. The maximum atomic E-state index is 12.9. The molecule has 0 unspecified atom stereocenters. The van der Waals surface area contributed by atoms with Crippen molar-refractivity contribution in [3.05, 3.63) is 29.6 Å². The molecule has 0 spiro atoms. The van der Waals surface area contributed by atoms with Crippen molar-refractivity contribution < 1.29 is 9.50 Å². The Balaban J connectivity index is 2.63. The van der Waals surface area contributed by atoms with Crippen LogP contribution in [-0.2, 0) is 6.42 Å². The van der Waals surface area contributed by atoms with Gasteiger partial charge in [-0.15, -0.1) is 0 Å². The summed E-state index contributed by atoms with van der Waals surface area (Å²) < 4.78 is 12.9. The van der Waals surface area contributed by atoms with Crippen molar-refractivity contribution in [1.29, 1.82) is 0 Å². The molecule has 0 atom stereocenters. The van der Waals surface area contributed by atoms with Gasteiger partial charge in [0.15, 0.2) is 11.6 Å². The summed E-state index contributed by atoms with van der Waals surface area (Å²) in [6.07, 6.45) is 1.92. The number of rotatable bonds is 3. The van der Waals surface area contributed by atoms with E-state index >= 15 is 0 Å². The van der Waals surface area contributed by atoms with Crippen LogP contribution in [0.15, 0.2) is 18.2 Å². The van der Waals surface area contributed by atoms with E-state index in [9.17, 15) is 4.39 Å². The van der Waals surface area contributed by atoms with E-state index in [4.69, 9.17) is 5.11 Å². The molecule has 1 rings (SSSR count). The van der Waals surface area contributed by atoms with Crippen LogP contribution >= 0.6 is 0 Å². The number of aromatic hydroxyl groups is 1. The van der Waals surface area contributed by atoms with Crippen molar-refractivity contribution >= 4 is 0 Å². The van der Waals surface area contributed by atoms with Crippen LogP contribution in [0.2, 0.25) is 0 Å². The fraction of sp³-hybridized carbons (Fsp3) is 0.455. The molecule has 0 radical (unpaired) electrons. The van der Waals surface area contributed by atoms with Gasteiger partial charge in [0.25, 0.3) is 0 Å². The minimum absolute atomic E-state index is 0.270. The highest BCUT2D eigenvalue weighted by Crippen LogP contribution is 2.18. The summed E-state index contributed by atoms with van der Waals surface area (Å²) in [4.78, 5) is 0. The molecule has 0 bridgehead atoms. The number of hydrogen-bond acceptors (Lipinski definition) is 1. The molecule has 2 heteroatoms. The number of phenolic OH excluding ortho intramolecular Hbond substituents is 1. The standard InChI is InChI=1S/C11H15FO/c1-8(2)3-4-9-5-6-11(13)10(12)7-9/h5-8,13H,3-4H2,1-2H3. The first-order chi connectivity index (χ1) is 6.09. The van der Waals surface area contributed by atoms with Gasteiger partial charge in [-0.05, 0) is 36.5 Å². The summed E-state index contributed by atoms with van der Waals surface area (Å²) in [5.74, 6) is -0.175. The van der Waals surface area contributed by atoms with E-state index in [-0.39, 0.29) is 5.75 Å². The maximum absolute atomic E-state index is 12.9. The van der Waals surface area contributed by atoms with Gasteiger partial charge in [-0.1, -0.05) is 19.9 Å². The van der Waals surface area contributed by atoms with Crippen LogP contribution in [0.4, 0.5) is 4.39 Å². The number of hydrogen-bond donors (Lipinski definition) is 1. The van der Waals surface area contributed by atoms with Crippen LogP contribution in [-0.4, -0.2) is 5.11 Å². The second kappa shape index (κ2) is 4.26. The molecule has 0 heterocycles. The lowest BCUT2D eigenvalue weighted by Crippen LogP contribution is -1.92. The molecule has 1 aromatic rings. The lowest BCUT2D eigenvalue weighted by molar-refractivity contribution is 0.431. The van der Waals surface area contributed by atoms with Crippen LogP contribution in [0.5, 0.6) is 5.75 Å². The Hall–Kier alpha value is -1.05. The molecule has 0 saturated carbocycles. The van der Waals surface area contributed by atoms with Crippen molar-refractivity contribution in [2.24, 2.45) is 5.92 Å². The molecule has 0 aliphatic heterocycles. The average Bonchev–Trinajstić information content (AvgIpc) is 2.07. The Bertz CT molecular complexity index is 281. The van der Waals surface area contributed by atoms with Gasteiger partial charge in [0.2, 0.25) is 0 Å². The number of halogens is 1. The van der Waals surface area contributed by atoms with Crippen molar-refractivity contribution in [3.8, 4) is 5.75 Å². The molecule has 0 fully saturated rings. The third-order valence-corrected chi connectivity index (χ3v) is 2.02. The molecule has 1 N–H and O–H groups in total. The van der Waals surface area contributed by atoms with E-state index in [0.717, 1.165) is 18.4 Å². The zero-order valence-corrected chi connectivity index (χ0v) is 8.05. The number of phenols is 1. The molecule has 0 saturated heterocycles. The SMILES string of the molecule is CC(C)CCc1ccc(O)c(F)c1. The second-order valence-electron chi connectivity index (χ2n) is 3.72. The van der Waals surface area contributed by atoms with Gasteiger partial charge >= 0.3 is 0 Å². The van der Waals surface area contributed by atoms with Crippen molar-refractivity contribution in [2.75, 3.05) is 0 Å². The summed E-state index contributed by atoms with van der Waals surface area (Å²) in [6.45, 7) is 4.27. The lowest BCUT2D eigenvalue weighted by Gasteiger charge is -2.05. The van der Waals surface area contributed by atoms with Crippen molar-refractivity contribution in [1.82, 2.24) is 0 Å². The summed E-state index contributed by atoms with van der Waals surface area (Å²) >= 11 is 0. The predicted octanol–water partition coefficient (Wildman–Crippen LogP) is 3.12. The Labute approximate surface area is 78.2 Å². The zero-order chi connectivity index (χ0) is 9.84. The predicted molar refractivity (Wildman–Crippen MR) is 51.2 cm³/mol. The molecule has 0 aromatic heterocycles. The molecule has 0 amide bonds. The van der Waals surface area contributed by atoms with Crippen LogP contribution in [0.3, 0.4) is 0 Å². The highest BCUT2D eigenvalue weighted by molar-refractivity contribution is 5.27. The Morgan fingerprint density at radius 1 is 1.38 bits per heavy atom. The quantitative estimate of drug-likeness (QED) is 0.761. The Morgan fingerprint density at radius 2 is 2.08 bits per heavy atom. The van der Waals surface area contributed by atoms with E-state index in [0.29, 0.717) is 5.92 Å². The van der Waals surface area contributed by atoms with Crippen LogP contribution in [0, 0.1) is 11.7 Å². The molecule has 72 valence electrons. The van der Waals surface area contributed by atoms with E-state index in [1.165, 1.54) is 12.1 Å². The van der Waals surface area contributed by atoms with Crippen LogP contribution in [0.1, 0.15) is 25.8 Å². The normalized spacial score (nSPS) is 10.8. The third-order valence-electron chi connectivity index (χ3n) is 2.02.